The summed E-state index contributed by atoms with van der Waals surface area (Å²) in [6.07, 6.45) is 5.01. The van der Waals surface area contributed by atoms with E-state index in [2.05, 4.69) is 10.1 Å². The summed E-state index contributed by atoms with van der Waals surface area (Å²) >= 11 is 0. The van der Waals surface area contributed by atoms with E-state index in [-0.39, 0.29) is 27.9 Å². The Morgan fingerprint density at radius 2 is 2.00 bits per heavy atom. The van der Waals surface area contributed by atoms with Crippen LogP contribution in [0.5, 0.6) is 0 Å². The SMILES string of the molecule is CN(C(=O)n1cnc(S(=O)(=O)[C@@H]2C[C@@H]3CC[C@@H]2C3)n1)C(C)(C)C. The second-order valence-electron chi connectivity index (χ2n) is 7.74. The van der Waals surface area contributed by atoms with Crippen LogP contribution < -0.4 is 0 Å². The van der Waals surface area contributed by atoms with E-state index in [0.717, 1.165) is 23.9 Å². The summed E-state index contributed by atoms with van der Waals surface area (Å²) in [7, 11) is -1.90. The van der Waals surface area contributed by atoms with Gasteiger partial charge < -0.3 is 4.90 Å². The molecule has 1 aromatic rings. The van der Waals surface area contributed by atoms with Gasteiger partial charge in [-0.2, -0.15) is 4.68 Å². The topological polar surface area (TPSA) is 85.2 Å². The number of hydrogen-bond donors (Lipinski definition) is 0. The van der Waals surface area contributed by atoms with Crippen molar-refractivity contribution in [1.82, 2.24) is 19.7 Å². The van der Waals surface area contributed by atoms with Gasteiger partial charge in [0.1, 0.15) is 6.33 Å². The Morgan fingerprint density at radius 3 is 2.52 bits per heavy atom. The number of aromatic nitrogens is 3. The Balaban J connectivity index is 1.83. The fourth-order valence-corrected chi connectivity index (χ4v) is 5.56. The molecule has 8 heteroatoms. The molecule has 2 bridgehead atoms. The van der Waals surface area contributed by atoms with Gasteiger partial charge in [-0.25, -0.2) is 18.2 Å². The summed E-state index contributed by atoms with van der Waals surface area (Å²) in [5.41, 5.74) is -0.382. The van der Waals surface area contributed by atoms with E-state index in [4.69, 9.17) is 0 Å². The monoisotopic (exact) mass is 340 g/mol. The number of carbonyl (C=O) groups excluding carboxylic acids is 1. The van der Waals surface area contributed by atoms with E-state index >= 15 is 0 Å². The van der Waals surface area contributed by atoms with Crippen LogP contribution >= 0.6 is 0 Å². The molecule has 1 aromatic heterocycles. The molecular weight excluding hydrogens is 316 g/mol. The highest BCUT2D eigenvalue weighted by Gasteiger charge is 2.48. The standard InChI is InChI=1S/C15H24N4O3S/c1-15(2,3)18(4)14(20)19-9-16-13(17-19)23(21,22)12-8-10-5-6-11(12)7-10/h9-12H,5-8H2,1-4H3/t10-,11-,12-/m1/s1. The first-order valence-electron chi connectivity index (χ1n) is 8.04. The van der Waals surface area contributed by atoms with Crippen molar-refractivity contribution in [2.45, 2.75) is 62.4 Å². The number of sulfone groups is 1. The molecule has 0 aromatic carbocycles. The molecule has 1 amide bonds. The lowest BCUT2D eigenvalue weighted by atomic mass is 10.0. The fraction of sp³-hybridized carbons (Fsp3) is 0.800. The Labute approximate surface area is 137 Å². The third kappa shape index (κ3) is 2.77. The Morgan fingerprint density at radius 1 is 1.30 bits per heavy atom. The molecular formula is C15H24N4O3S. The number of carbonyl (C=O) groups is 1. The lowest BCUT2D eigenvalue weighted by Gasteiger charge is -2.31. The van der Waals surface area contributed by atoms with Gasteiger partial charge in [-0.15, -0.1) is 5.10 Å². The second-order valence-corrected chi connectivity index (χ2v) is 9.80. The minimum Gasteiger partial charge on any atom is -0.321 e. The van der Waals surface area contributed by atoms with Crippen molar-refractivity contribution in [1.29, 1.82) is 0 Å². The first-order valence-corrected chi connectivity index (χ1v) is 9.59. The summed E-state index contributed by atoms with van der Waals surface area (Å²) in [4.78, 5) is 17.8. The van der Waals surface area contributed by atoms with E-state index < -0.39 is 9.84 Å². The molecule has 2 fully saturated rings. The molecule has 1 heterocycles. The highest BCUT2D eigenvalue weighted by molar-refractivity contribution is 7.91. The predicted octanol–water partition coefficient (Wildman–Crippen LogP) is 1.94. The minimum atomic E-state index is -3.56. The zero-order valence-corrected chi connectivity index (χ0v) is 14.9. The van der Waals surface area contributed by atoms with Crippen LogP contribution in [-0.2, 0) is 9.84 Å². The van der Waals surface area contributed by atoms with Crippen molar-refractivity contribution in [2.24, 2.45) is 11.8 Å². The van der Waals surface area contributed by atoms with Crippen LogP contribution in [0.4, 0.5) is 4.79 Å². The molecule has 128 valence electrons. The molecule has 3 rings (SSSR count). The molecule has 2 aliphatic rings. The largest absolute Gasteiger partial charge is 0.346 e. The van der Waals surface area contributed by atoms with Crippen LogP contribution in [0.1, 0.15) is 46.5 Å². The van der Waals surface area contributed by atoms with Crippen LogP contribution in [0.3, 0.4) is 0 Å². The zero-order chi connectivity index (χ0) is 17.0. The molecule has 2 aliphatic carbocycles. The lowest BCUT2D eigenvalue weighted by Crippen LogP contribution is -2.44. The average molecular weight is 340 g/mol. The van der Waals surface area contributed by atoms with Gasteiger partial charge in [-0.05, 0) is 51.9 Å². The van der Waals surface area contributed by atoms with Crippen LogP contribution in [0, 0.1) is 11.8 Å². The first-order chi connectivity index (χ1) is 10.6. The number of rotatable bonds is 2. The molecule has 0 saturated heterocycles. The van der Waals surface area contributed by atoms with Gasteiger partial charge in [0.2, 0.25) is 9.84 Å². The number of hydrogen-bond acceptors (Lipinski definition) is 5. The maximum atomic E-state index is 12.8. The maximum Gasteiger partial charge on any atom is 0.346 e. The van der Waals surface area contributed by atoms with Crippen molar-refractivity contribution in [3.63, 3.8) is 0 Å². The molecule has 3 atom stereocenters. The van der Waals surface area contributed by atoms with Crippen molar-refractivity contribution in [3.8, 4) is 0 Å². The summed E-state index contributed by atoms with van der Waals surface area (Å²) < 4.78 is 26.5. The Bertz CT molecular complexity index is 719. The van der Waals surface area contributed by atoms with Gasteiger partial charge in [0, 0.05) is 12.6 Å². The molecule has 0 aliphatic heterocycles. The number of amides is 1. The van der Waals surface area contributed by atoms with Crippen LogP contribution in [-0.4, -0.2) is 51.9 Å². The van der Waals surface area contributed by atoms with Crippen molar-refractivity contribution in [2.75, 3.05) is 7.05 Å². The van der Waals surface area contributed by atoms with Gasteiger partial charge >= 0.3 is 6.03 Å². The van der Waals surface area contributed by atoms with Gasteiger partial charge in [0.05, 0.1) is 5.25 Å². The Kier molecular flexibility index (Phi) is 3.78. The van der Waals surface area contributed by atoms with Crippen LogP contribution in [0.15, 0.2) is 11.5 Å². The maximum absolute atomic E-state index is 12.8. The van der Waals surface area contributed by atoms with Gasteiger partial charge in [0.15, 0.2) is 0 Å². The van der Waals surface area contributed by atoms with E-state index in [1.807, 2.05) is 20.8 Å². The van der Waals surface area contributed by atoms with Gasteiger partial charge in [-0.1, -0.05) is 6.42 Å². The van der Waals surface area contributed by atoms with Crippen molar-refractivity contribution in [3.05, 3.63) is 6.33 Å². The number of nitrogens with zero attached hydrogens (tertiary/aromatic N) is 4. The van der Waals surface area contributed by atoms with E-state index in [1.165, 1.54) is 11.2 Å². The third-order valence-corrected chi connectivity index (χ3v) is 7.36. The van der Waals surface area contributed by atoms with E-state index in [1.54, 1.807) is 7.05 Å². The summed E-state index contributed by atoms with van der Waals surface area (Å²) in [6, 6.07) is -0.389. The van der Waals surface area contributed by atoms with Crippen molar-refractivity contribution >= 4 is 15.9 Å². The molecule has 0 radical (unpaired) electrons. The predicted molar refractivity (Wildman–Crippen MR) is 84.8 cm³/mol. The normalized spacial score (nSPS) is 27.4. The molecule has 0 spiro atoms. The quantitative estimate of drug-likeness (QED) is 0.821. The van der Waals surface area contributed by atoms with Crippen LogP contribution in [0.25, 0.3) is 0 Å². The molecule has 7 nitrogen and oxygen atoms in total. The van der Waals surface area contributed by atoms with E-state index in [0.29, 0.717) is 12.3 Å². The van der Waals surface area contributed by atoms with Crippen molar-refractivity contribution < 1.29 is 13.2 Å². The van der Waals surface area contributed by atoms with Crippen LogP contribution in [0.2, 0.25) is 0 Å². The smallest absolute Gasteiger partial charge is 0.321 e. The summed E-state index contributed by atoms with van der Waals surface area (Å²) in [5.74, 6) is 0.750. The molecule has 23 heavy (non-hydrogen) atoms. The zero-order valence-electron chi connectivity index (χ0n) is 14.1. The Hall–Kier alpha value is -1.44. The summed E-state index contributed by atoms with van der Waals surface area (Å²) in [6.45, 7) is 5.69. The molecule has 0 unspecified atom stereocenters. The molecule has 0 N–H and O–H groups in total. The highest BCUT2D eigenvalue weighted by atomic mass is 32.2. The first kappa shape index (κ1) is 16.4. The summed E-state index contributed by atoms with van der Waals surface area (Å²) in [5, 5.41) is 3.37. The van der Waals surface area contributed by atoms with Gasteiger partial charge in [-0.3, -0.25) is 0 Å². The average Bonchev–Trinajstić information content (AvgIpc) is 3.19. The molecule has 2 saturated carbocycles. The minimum absolute atomic E-state index is 0.217. The third-order valence-electron chi connectivity index (χ3n) is 5.29. The lowest BCUT2D eigenvalue weighted by molar-refractivity contribution is 0.164. The second kappa shape index (κ2) is 5.29. The fourth-order valence-electron chi connectivity index (χ4n) is 3.61. The van der Waals surface area contributed by atoms with Gasteiger partial charge in [0.25, 0.3) is 5.16 Å². The number of fused-ring (bicyclic) bond motifs is 2. The highest BCUT2D eigenvalue weighted by Crippen LogP contribution is 2.48. The van der Waals surface area contributed by atoms with E-state index in [9.17, 15) is 13.2 Å².